The Hall–Kier alpha value is -1.15. The molecule has 8 heteroatoms. The summed E-state index contributed by atoms with van der Waals surface area (Å²) in [7, 11) is -2.04. The summed E-state index contributed by atoms with van der Waals surface area (Å²) in [5.41, 5.74) is 0. The first-order valence-corrected chi connectivity index (χ1v) is 9.71. The molecule has 0 aliphatic carbocycles. The lowest BCUT2D eigenvalue weighted by atomic mass is 9.98. The average molecular weight is 375 g/mol. The fourth-order valence-corrected chi connectivity index (χ4v) is 4.43. The molecule has 1 aliphatic rings. The van der Waals surface area contributed by atoms with Crippen molar-refractivity contribution in [1.82, 2.24) is 9.62 Å². The number of amides is 1. The summed E-state index contributed by atoms with van der Waals surface area (Å²) in [5, 5.41) is 3.35. The van der Waals surface area contributed by atoms with Crippen LogP contribution in [0.15, 0.2) is 29.2 Å². The van der Waals surface area contributed by atoms with Crippen LogP contribution in [0, 0.1) is 5.92 Å². The van der Waals surface area contributed by atoms with Crippen molar-refractivity contribution < 1.29 is 17.9 Å². The Labute approximate surface area is 148 Å². The van der Waals surface area contributed by atoms with Gasteiger partial charge in [-0.05, 0) is 44.0 Å². The number of carbonyl (C=O) groups is 1. The van der Waals surface area contributed by atoms with Crippen LogP contribution in [0.25, 0.3) is 0 Å². The molecule has 0 aromatic heterocycles. The molecule has 0 radical (unpaired) electrons. The topological polar surface area (TPSA) is 75.7 Å². The molecule has 1 aliphatic heterocycles. The maximum atomic E-state index is 12.7. The van der Waals surface area contributed by atoms with Crippen molar-refractivity contribution in [3.05, 3.63) is 29.3 Å². The zero-order valence-electron chi connectivity index (χ0n) is 13.9. The molecule has 1 aromatic rings. The number of hydrogen-bond acceptors (Lipinski definition) is 4. The molecule has 0 spiro atoms. The summed E-state index contributed by atoms with van der Waals surface area (Å²) in [5.74, 6) is -0.476. The summed E-state index contributed by atoms with van der Waals surface area (Å²) < 4.78 is 31.8. The molecular weight excluding hydrogens is 352 g/mol. The van der Waals surface area contributed by atoms with Gasteiger partial charge in [0.05, 0.1) is 17.4 Å². The molecular formula is C16H23ClN2O4S. The Bertz CT molecular complexity index is 663. The van der Waals surface area contributed by atoms with Crippen LogP contribution in [0.1, 0.15) is 19.8 Å². The van der Waals surface area contributed by atoms with E-state index < -0.39 is 10.0 Å². The third-order valence-electron chi connectivity index (χ3n) is 4.01. The zero-order valence-corrected chi connectivity index (χ0v) is 15.4. The Morgan fingerprint density at radius 3 is 2.71 bits per heavy atom. The van der Waals surface area contributed by atoms with Gasteiger partial charge in [-0.1, -0.05) is 11.6 Å². The molecule has 0 saturated carbocycles. The van der Waals surface area contributed by atoms with E-state index in [1.54, 1.807) is 19.2 Å². The molecule has 1 saturated heterocycles. The van der Waals surface area contributed by atoms with Gasteiger partial charge < -0.3 is 10.1 Å². The van der Waals surface area contributed by atoms with E-state index in [0.717, 1.165) is 0 Å². The number of halogens is 1. The fraction of sp³-hybridized carbons (Fsp3) is 0.562. The molecule has 1 fully saturated rings. The summed E-state index contributed by atoms with van der Waals surface area (Å²) in [6.07, 6.45) is 1.34. The number of nitrogens with zero attached hydrogens (tertiary/aromatic N) is 1. The number of methoxy groups -OCH3 is 1. The molecule has 2 rings (SSSR count). The van der Waals surface area contributed by atoms with E-state index >= 15 is 0 Å². The van der Waals surface area contributed by atoms with Crippen molar-refractivity contribution in [1.29, 1.82) is 0 Å². The predicted molar refractivity (Wildman–Crippen MR) is 92.4 cm³/mol. The van der Waals surface area contributed by atoms with Crippen molar-refractivity contribution >= 4 is 27.5 Å². The number of piperidine rings is 1. The van der Waals surface area contributed by atoms with Crippen LogP contribution in [0.2, 0.25) is 5.02 Å². The van der Waals surface area contributed by atoms with Crippen LogP contribution >= 0.6 is 11.6 Å². The number of rotatable bonds is 6. The molecule has 6 nitrogen and oxygen atoms in total. The van der Waals surface area contributed by atoms with Gasteiger partial charge in [0.25, 0.3) is 0 Å². The first-order valence-electron chi connectivity index (χ1n) is 7.89. The predicted octanol–water partition coefficient (Wildman–Crippen LogP) is 1.89. The van der Waals surface area contributed by atoms with E-state index in [1.165, 1.54) is 16.4 Å². The highest BCUT2D eigenvalue weighted by Gasteiger charge is 2.33. The molecule has 1 heterocycles. The second-order valence-electron chi connectivity index (χ2n) is 6.02. The molecule has 134 valence electrons. The van der Waals surface area contributed by atoms with E-state index in [1.807, 2.05) is 6.92 Å². The van der Waals surface area contributed by atoms with Crippen LogP contribution in [-0.4, -0.2) is 51.5 Å². The smallest absolute Gasteiger partial charge is 0.243 e. The van der Waals surface area contributed by atoms with Gasteiger partial charge in [-0.2, -0.15) is 4.31 Å². The number of sulfonamides is 1. The van der Waals surface area contributed by atoms with Crippen molar-refractivity contribution in [3.8, 4) is 0 Å². The monoisotopic (exact) mass is 374 g/mol. The highest BCUT2D eigenvalue weighted by molar-refractivity contribution is 7.89. The SMILES string of the molecule is COC[C@@H](C)NC(=O)[C@H]1CCCN(S(=O)(=O)c2ccc(Cl)cc2)C1. The summed E-state index contributed by atoms with van der Waals surface area (Å²) >= 11 is 5.81. The normalized spacial score (nSPS) is 20.5. The number of hydrogen-bond donors (Lipinski definition) is 1. The van der Waals surface area contributed by atoms with Crippen molar-refractivity contribution in [3.63, 3.8) is 0 Å². The fourth-order valence-electron chi connectivity index (χ4n) is 2.78. The van der Waals surface area contributed by atoms with E-state index in [9.17, 15) is 13.2 Å². The van der Waals surface area contributed by atoms with Gasteiger partial charge in [0.15, 0.2) is 0 Å². The van der Waals surface area contributed by atoms with Gasteiger partial charge in [0.2, 0.25) is 15.9 Å². The van der Waals surface area contributed by atoms with Crippen LogP contribution in [0.4, 0.5) is 0 Å². The van der Waals surface area contributed by atoms with Crippen LogP contribution in [-0.2, 0) is 19.6 Å². The van der Waals surface area contributed by atoms with E-state index in [0.29, 0.717) is 31.0 Å². The second kappa shape index (κ2) is 8.29. The Balaban J connectivity index is 2.07. The Morgan fingerprint density at radius 1 is 1.42 bits per heavy atom. The van der Waals surface area contributed by atoms with Crippen LogP contribution in [0.5, 0.6) is 0 Å². The molecule has 0 unspecified atom stereocenters. The lowest BCUT2D eigenvalue weighted by molar-refractivity contribution is -0.127. The van der Waals surface area contributed by atoms with Crippen LogP contribution in [0.3, 0.4) is 0 Å². The summed E-state index contributed by atoms with van der Waals surface area (Å²) in [6.45, 7) is 2.89. The second-order valence-corrected chi connectivity index (χ2v) is 8.40. The Kier molecular flexibility index (Phi) is 6.62. The highest BCUT2D eigenvalue weighted by atomic mass is 35.5. The molecule has 2 atom stereocenters. The lowest BCUT2D eigenvalue weighted by Crippen LogP contribution is -2.47. The molecule has 0 bridgehead atoms. The largest absolute Gasteiger partial charge is 0.383 e. The van der Waals surface area contributed by atoms with E-state index in [4.69, 9.17) is 16.3 Å². The van der Waals surface area contributed by atoms with Gasteiger partial charge in [0.1, 0.15) is 0 Å². The van der Waals surface area contributed by atoms with Gasteiger partial charge in [-0.3, -0.25) is 4.79 Å². The third-order valence-corrected chi connectivity index (χ3v) is 6.14. The van der Waals surface area contributed by atoms with Gasteiger partial charge in [-0.25, -0.2) is 8.42 Å². The minimum atomic E-state index is -3.61. The van der Waals surface area contributed by atoms with Crippen molar-refractivity contribution in [2.24, 2.45) is 5.92 Å². The molecule has 1 N–H and O–H groups in total. The van der Waals surface area contributed by atoms with Gasteiger partial charge >= 0.3 is 0 Å². The zero-order chi connectivity index (χ0) is 17.7. The maximum absolute atomic E-state index is 12.7. The summed E-state index contributed by atoms with van der Waals surface area (Å²) in [6, 6.07) is 5.97. The first-order chi connectivity index (χ1) is 11.3. The molecule has 1 aromatic carbocycles. The Morgan fingerprint density at radius 2 is 2.08 bits per heavy atom. The lowest BCUT2D eigenvalue weighted by Gasteiger charge is -2.31. The number of benzene rings is 1. The van der Waals surface area contributed by atoms with Crippen molar-refractivity contribution in [2.75, 3.05) is 26.8 Å². The number of ether oxygens (including phenoxy) is 1. The van der Waals surface area contributed by atoms with Crippen molar-refractivity contribution in [2.45, 2.75) is 30.7 Å². The minimum absolute atomic E-state index is 0.106. The molecule has 24 heavy (non-hydrogen) atoms. The standard InChI is InChI=1S/C16H23ClN2O4S/c1-12(11-23-2)18-16(20)13-4-3-9-19(10-13)24(21,22)15-7-5-14(17)6-8-15/h5-8,12-13H,3-4,9-11H2,1-2H3,(H,18,20)/t12-,13+/m1/s1. The highest BCUT2D eigenvalue weighted by Crippen LogP contribution is 2.24. The summed E-state index contributed by atoms with van der Waals surface area (Å²) in [4.78, 5) is 12.5. The first kappa shape index (κ1) is 19.2. The maximum Gasteiger partial charge on any atom is 0.243 e. The quantitative estimate of drug-likeness (QED) is 0.825. The number of carbonyl (C=O) groups excluding carboxylic acids is 1. The van der Waals surface area contributed by atoms with E-state index in [2.05, 4.69) is 5.32 Å². The third kappa shape index (κ3) is 4.69. The molecule has 1 amide bonds. The number of nitrogens with one attached hydrogen (secondary N) is 1. The van der Waals surface area contributed by atoms with E-state index in [-0.39, 0.29) is 29.3 Å². The van der Waals surface area contributed by atoms with Crippen LogP contribution < -0.4 is 5.32 Å². The van der Waals surface area contributed by atoms with Gasteiger partial charge in [-0.15, -0.1) is 0 Å². The minimum Gasteiger partial charge on any atom is -0.383 e. The average Bonchev–Trinajstić information content (AvgIpc) is 2.55. The van der Waals surface area contributed by atoms with Gasteiger partial charge in [0, 0.05) is 31.3 Å².